The van der Waals surface area contributed by atoms with Crippen LogP contribution in [0.5, 0.6) is 5.75 Å². The van der Waals surface area contributed by atoms with Gasteiger partial charge < -0.3 is 9.47 Å². The molecule has 1 amide bonds. The highest BCUT2D eigenvalue weighted by Gasteiger charge is 2.13. The Bertz CT molecular complexity index is 1010. The number of nitrogens with one attached hydrogen (secondary N) is 1. The molecule has 0 saturated carbocycles. The van der Waals surface area contributed by atoms with Gasteiger partial charge in [-0.2, -0.15) is 0 Å². The van der Waals surface area contributed by atoms with Crippen LogP contribution in [0.2, 0.25) is 0 Å². The lowest BCUT2D eigenvalue weighted by molar-refractivity contribution is -0.118. The molecule has 8 heteroatoms. The summed E-state index contributed by atoms with van der Waals surface area (Å²) in [6.45, 7) is 3.79. The van der Waals surface area contributed by atoms with Crippen molar-refractivity contribution in [3.63, 3.8) is 0 Å². The number of nitrogens with zero attached hydrogens (tertiary/aromatic N) is 1. The third-order valence-corrected chi connectivity index (χ3v) is 5.30. The standard InChI is InChI=1S/C19H17BrN2O4S/c1-10-6-11(2)17(13(20)7-10)26-9-16(23)22-19-21-14-5-4-12(18(24)25-3)8-15(14)27-19/h4-8H,9H2,1-3H3,(H,21,22,23). The quantitative estimate of drug-likeness (QED) is 0.582. The number of aryl methyl sites for hydroxylation is 2. The van der Waals surface area contributed by atoms with E-state index < -0.39 is 5.97 Å². The predicted octanol–water partition coefficient (Wildman–Crippen LogP) is 4.48. The van der Waals surface area contributed by atoms with Crippen molar-refractivity contribution in [2.24, 2.45) is 0 Å². The molecule has 0 atom stereocenters. The molecule has 3 aromatic rings. The average Bonchev–Trinajstić information content (AvgIpc) is 3.01. The highest BCUT2D eigenvalue weighted by molar-refractivity contribution is 9.10. The van der Waals surface area contributed by atoms with Gasteiger partial charge in [-0.3, -0.25) is 10.1 Å². The van der Waals surface area contributed by atoms with Crippen LogP contribution in [0.4, 0.5) is 5.13 Å². The van der Waals surface area contributed by atoms with E-state index >= 15 is 0 Å². The number of amides is 1. The van der Waals surface area contributed by atoms with Gasteiger partial charge in [0.05, 0.1) is 27.4 Å². The molecule has 0 spiro atoms. The second kappa shape index (κ2) is 8.06. The summed E-state index contributed by atoms with van der Waals surface area (Å²) in [5.41, 5.74) is 3.19. The Labute approximate surface area is 168 Å². The zero-order valence-corrected chi connectivity index (χ0v) is 17.4. The third-order valence-electron chi connectivity index (χ3n) is 3.78. The Hall–Kier alpha value is -2.45. The lowest BCUT2D eigenvalue weighted by Crippen LogP contribution is -2.20. The van der Waals surface area contributed by atoms with Gasteiger partial charge in [-0.15, -0.1) is 0 Å². The maximum atomic E-state index is 12.2. The monoisotopic (exact) mass is 448 g/mol. The second-order valence-corrected chi connectivity index (χ2v) is 7.81. The minimum atomic E-state index is -0.414. The van der Waals surface area contributed by atoms with Crippen LogP contribution in [0, 0.1) is 13.8 Å². The summed E-state index contributed by atoms with van der Waals surface area (Å²) in [7, 11) is 1.33. The average molecular weight is 449 g/mol. The van der Waals surface area contributed by atoms with Crippen molar-refractivity contribution in [2.45, 2.75) is 13.8 Å². The first kappa shape index (κ1) is 19.3. The van der Waals surface area contributed by atoms with Crippen LogP contribution in [0.3, 0.4) is 0 Å². The number of carbonyl (C=O) groups is 2. The minimum absolute atomic E-state index is 0.133. The first-order valence-electron chi connectivity index (χ1n) is 8.05. The summed E-state index contributed by atoms with van der Waals surface area (Å²) in [6, 6.07) is 8.98. The number of carbonyl (C=O) groups excluding carboxylic acids is 2. The van der Waals surface area contributed by atoms with Gasteiger partial charge in [0.15, 0.2) is 11.7 Å². The summed E-state index contributed by atoms with van der Waals surface area (Å²) < 4.78 is 12.0. The van der Waals surface area contributed by atoms with E-state index in [4.69, 9.17) is 9.47 Å². The van der Waals surface area contributed by atoms with Gasteiger partial charge in [0, 0.05) is 0 Å². The Morgan fingerprint density at radius 3 is 2.70 bits per heavy atom. The largest absolute Gasteiger partial charge is 0.482 e. The van der Waals surface area contributed by atoms with E-state index in [1.54, 1.807) is 18.2 Å². The van der Waals surface area contributed by atoms with Crippen LogP contribution in [0.1, 0.15) is 21.5 Å². The minimum Gasteiger partial charge on any atom is -0.482 e. The number of benzene rings is 2. The first-order valence-corrected chi connectivity index (χ1v) is 9.66. The predicted molar refractivity (Wildman–Crippen MR) is 109 cm³/mol. The molecule has 27 heavy (non-hydrogen) atoms. The summed E-state index contributed by atoms with van der Waals surface area (Å²) in [4.78, 5) is 28.2. The van der Waals surface area contributed by atoms with Crippen molar-refractivity contribution >= 4 is 54.5 Å². The number of thiazole rings is 1. The molecule has 0 radical (unpaired) electrons. The molecule has 0 aliphatic carbocycles. The first-order chi connectivity index (χ1) is 12.9. The fourth-order valence-electron chi connectivity index (χ4n) is 2.60. The van der Waals surface area contributed by atoms with E-state index in [0.717, 1.165) is 20.3 Å². The van der Waals surface area contributed by atoms with Crippen molar-refractivity contribution < 1.29 is 19.1 Å². The number of hydrogen-bond donors (Lipinski definition) is 1. The number of ether oxygens (including phenoxy) is 2. The number of aromatic nitrogens is 1. The highest BCUT2D eigenvalue weighted by Crippen LogP contribution is 2.30. The molecule has 6 nitrogen and oxygen atoms in total. The molecule has 1 heterocycles. The highest BCUT2D eigenvalue weighted by atomic mass is 79.9. The van der Waals surface area contributed by atoms with Crippen molar-refractivity contribution in [2.75, 3.05) is 19.0 Å². The fraction of sp³-hybridized carbons (Fsp3) is 0.211. The normalized spacial score (nSPS) is 10.7. The lowest BCUT2D eigenvalue weighted by Gasteiger charge is -2.11. The van der Waals surface area contributed by atoms with Crippen molar-refractivity contribution in [1.82, 2.24) is 4.98 Å². The number of hydrogen-bond acceptors (Lipinski definition) is 6. The van der Waals surface area contributed by atoms with E-state index in [2.05, 4.69) is 26.2 Å². The maximum Gasteiger partial charge on any atom is 0.337 e. The molecule has 0 aliphatic heterocycles. The topological polar surface area (TPSA) is 77.5 Å². The Morgan fingerprint density at radius 2 is 2.00 bits per heavy atom. The third kappa shape index (κ3) is 4.45. The Morgan fingerprint density at radius 1 is 1.22 bits per heavy atom. The molecular weight excluding hydrogens is 432 g/mol. The van der Waals surface area contributed by atoms with Gasteiger partial charge >= 0.3 is 5.97 Å². The van der Waals surface area contributed by atoms with Gasteiger partial charge in [0.25, 0.3) is 5.91 Å². The van der Waals surface area contributed by atoms with E-state index in [-0.39, 0.29) is 12.5 Å². The molecule has 1 aromatic heterocycles. The molecule has 0 fully saturated rings. The van der Waals surface area contributed by atoms with Crippen molar-refractivity contribution in [1.29, 1.82) is 0 Å². The van der Waals surface area contributed by atoms with Crippen molar-refractivity contribution in [3.05, 3.63) is 51.5 Å². The maximum absolute atomic E-state index is 12.2. The van der Waals surface area contributed by atoms with Gasteiger partial charge in [0.2, 0.25) is 0 Å². The lowest BCUT2D eigenvalue weighted by atomic mass is 10.1. The molecule has 1 N–H and O–H groups in total. The number of halogens is 1. The number of esters is 1. The number of anilines is 1. The summed E-state index contributed by atoms with van der Waals surface area (Å²) >= 11 is 4.74. The van der Waals surface area contributed by atoms with E-state index in [1.807, 2.05) is 26.0 Å². The molecule has 3 rings (SSSR count). The molecule has 0 unspecified atom stereocenters. The molecule has 2 aromatic carbocycles. The zero-order valence-electron chi connectivity index (χ0n) is 15.0. The summed E-state index contributed by atoms with van der Waals surface area (Å²) in [5.74, 6) is -0.0831. The van der Waals surface area contributed by atoms with Gasteiger partial charge in [-0.25, -0.2) is 9.78 Å². The van der Waals surface area contributed by atoms with Crippen LogP contribution in [0.15, 0.2) is 34.8 Å². The number of fused-ring (bicyclic) bond motifs is 1. The molecule has 0 bridgehead atoms. The Kier molecular flexibility index (Phi) is 5.76. The Balaban J connectivity index is 1.68. The van der Waals surface area contributed by atoms with E-state index in [1.165, 1.54) is 18.4 Å². The summed E-state index contributed by atoms with van der Waals surface area (Å²) in [5, 5.41) is 3.17. The number of methoxy groups -OCH3 is 1. The van der Waals surface area contributed by atoms with Gasteiger partial charge in [-0.1, -0.05) is 17.4 Å². The van der Waals surface area contributed by atoms with Crippen LogP contribution in [0.25, 0.3) is 10.2 Å². The van der Waals surface area contributed by atoms with Crippen LogP contribution in [-0.2, 0) is 9.53 Å². The summed E-state index contributed by atoms with van der Waals surface area (Å²) in [6.07, 6.45) is 0. The fourth-order valence-corrected chi connectivity index (χ4v) is 4.31. The van der Waals surface area contributed by atoms with Crippen LogP contribution < -0.4 is 10.1 Å². The van der Waals surface area contributed by atoms with E-state index in [0.29, 0.717) is 22.0 Å². The molecule has 0 aliphatic rings. The molecule has 0 saturated heterocycles. The molecule has 140 valence electrons. The van der Waals surface area contributed by atoms with Crippen LogP contribution >= 0.6 is 27.3 Å². The SMILES string of the molecule is COC(=O)c1ccc2nc(NC(=O)COc3c(C)cc(C)cc3Br)sc2c1. The van der Waals surface area contributed by atoms with Crippen molar-refractivity contribution in [3.8, 4) is 5.75 Å². The smallest absolute Gasteiger partial charge is 0.337 e. The van der Waals surface area contributed by atoms with Gasteiger partial charge in [0.1, 0.15) is 5.75 Å². The molecular formula is C19H17BrN2O4S. The second-order valence-electron chi connectivity index (χ2n) is 5.92. The zero-order chi connectivity index (χ0) is 19.6. The van der Waals surface area contributed by atoms with Crippen LogP contribution in [-0.4, -0.2) is 30.6 Å². The van der Waals surface area contributed by atoms with Gasteiger partial charge in [-0.05, 0) is 65.2 Å². The van der Waals surface area contributed by atoms with E-state index in [9.17, 15) is 9.59 Å². The number of rotatable bonds is 5.